The second-order valence-corrected chi connectivity index (χ2v) is 8.51. The highest BCUT2D eigenvalue weighted by Crippen LogP contribution is 2.28. The first-order valence-electron chi connectivity index (χ1n) is 11.0. The number of ether oxygens (including phenoxy) is 1. The molecule has 0 saturated carbocycles. The molecule has 2 aromatic heterocycles. The summed E-state index contributed by atoms with van der Waals surface area (Å²) in [6, 6.07) is 15.2. The summed E-state index contributed by atoms with van der Waals surface area (Å²) in [7, 11) is 0. The van der Waals surface area contributed by atoms with Gasteiger partial charge in [0.05, 0.1) is 6.21 Å². The second-order valence-electron chi connectivity index (χ2n) is 7.68. The van der Waals surface area contributed by atoms with Gasteiger partial charge >= 0.3 is 12.5 Å². The number of aromatic nitrogens is 4. The summed E-state index contributed by atoms with van der Waals surface area (Å²) in [5, 5.41) is 11.0. The molecule has 0 bridgehead atoms. The third-order valence-electron chi connectivity index (χ3n) is 4.74. The Bertz CT molecular complexity index is 1410. The van der Waals surface area contributed by atoms with Gasteiger partial charge in [-0.05, 0) is 53.6 Å². The molecule has 2 heterocycles. The van der Waals surface area contributed by atoms with Crippen LogP contribution in [0.5, 0.6) is 5.75 Å². The fourth-order valence-electron chi connectivity index (χ4n) is 2.90. The van der Waals surface area contributed by atoms with Gasteiger partial charge in [-0.1, -0.05) is 41.4 Å². The first-order chi connectivity index (χ1) is 18.7. The van der Waals surface area contributed by atoms with E-state index in [0.717, 1.165) is 23.3 Å². The smallest absolute Gasteiger partial charge is 0.428 e. The summed E-state index contributed by atoms with van der Waals surface area (Å²) >= 11 is 11.7. The van der Waals surface area contributed by atoms with E-state index >= 15 is 0 Å². The molecule has 4 aromatic rings. The topological polar surface area (TPSA) is 109 Å². The van der Waals surface area contributed by atoms with Gasteiger partial charge in [-0.25, -0.2) is 10.4 Å². The van der Waals surface area contributed by atoms with Gasteiger partial charge in [0, 0.05) is 23.5 Å². The van der Waals surface area contributed by atoms with E-state index in [0.29, 0.717) is 22.4 Å². The molecule has 15 heteroatoms. The van der Waals surface area contributed by atoms with E-state index in [1.807, 2.05) is 0 Å². The summed E-state index contributed by atoms with van der Waals surface area (Å²) in [6.45, 7) is 0.311. The van der Waals surface area contributed by atoms with Crippen molar-refractivity contribution < 1.29 is 22.3 Å². The van der Waals surface area contributed by atoms with E-state index in [1.165, 1.54) is 18.3 Å². The number of halogens is 6. The van der Waals surface area contributed by atoms with Gasteiger partial charge in [0.2, 0.25) is 17.8 Å². The first-order valence-corrected chi connectivity index (χ1v) is 11.8. The number of hydrogen-bond donors (Lipinski definition) is 3. The minimum atomic E-state index is -4.61. The molecular formula is C24H18Cl2F4N8O. The van der Waals surface area contributed by atoms with Crippen molar-refractivity contribution in [2.75, 3.05) is 16.1 Å². The zero-order valence-electron chi connectivity index (χ0n) is 19.6. The maximum Gasteiger partial charge on any atom is 0.461 e. The molecule has 0 saturated heterocycles. The quantitative estimate of drug-likeness (QED) is 0.0786. The summed E-state index contributed by atoms with van der Waals surface area (Å²) in [4.78, 5) is 16.8. The van der Waals surface area contributed by atoms with Crippen LogP contribution in [-0.4, -0.2) is 38.7 Å². The number of benzene rings is 2. The number of hydrogen-bond acceptors (Lipinski definition) is 9. The van der Waals surface area contributed by atoms with E-state index in [2.05, 4.69) is 45.8 Å². The summed E-state index contributed by atoms with van der Waals surface area (Å²) in [5.74, 6) is -0.133. The number of nitrogens with zero attached hydrogens (tertiary/aromatic N) is 5. The Morgan fingerprint density at radius 1 is 0.897 bits per heavy atom. The zero-order valence-corrected chi connectivity index (χ0v) is 21.1. The van der Waals surface area contributed by atoms with Gasteiger partial charge in [-0.2, -0.15) is 37.6 Å². The average molecular weight is 581 g/mol. The molecule has 9 nitrogen and oxygen atoms in total. The van der Waals surface area contributed by atoms with E-state index in [-0.39, 0.29) is 17.8 Å². The number of hydrazone groups is 1. The van der Waals surface area contributed by atoms with Crippen molar-refractivity contribution in [3.05, 3.63) is 88.2 Å². The molecule has 0 atom stereocenters. The number of nitrogens with one attached hydrogen (secondary N) is 3. The Labute approximate surface area is 229 Å². The lowest BCUT2D eigenvalue weighted by Gasteiger charge is -2.17. The van der Waals surface area contributed by atoms with Crippen molar-refractivity contribution in [1.29, 1.82) is 0 Å². The average Bonchev–Trinajstić information content (AvgIpc) is 2.90. The summed E-state index contributed by atoms with van der Waals surface area (Å²) in [6.07, 6.45) is -5.46. The van der Waals surface area contributed by atoms with Crippen molar-refractivity contribution in [1.82, 2.24) is 19.9 Å². The summed E-state index contributed by atoms with van der Waals surface area (Å²) in [5.41, 5.74) is 4.65. The normalized spacial score (nSPS) is 11.6. The predicted octanol–water partition coefficient (Wildman–Crippen LogP) is 6.61. The van der Waals surface area contributed by atoms with Gasteiger partial charge in [0.15, 0.2) is 0 Å². The Hall–Kier alpha value is -4.23. The molecule has 2 aromatic carbocycles. The van der Waals surface area contributed by atoms with Crippen LogP contribution < -0.4 is 20.8 Å². The monoisotopic (exact) mass is 580 g/mol. The van der Waals surface area contributed by atoms with Crippen LogP contribution in [0.3, 0.4) is 0 Å². The standard InChI is InChI=1S/C24H18Cl2F4N8O/c25-16-4-1-14(2-5-16)13-33-38-23-36-21(32-12-15-3-10-19(26)31-11-15)35-22(37-23)34-17-6-8-18(9-7-17)39-24(29,30)20(27)28/h1-11,13,20H,12H2,(H3,32,34,35,36,37,38)/b33-13+. The van der Waals surface area contributed by atoms with Gasteiger partial charge in [-0.3, -0.25) is 0 Å². The molecular weight excluding hydrogens is 563 g/mol. The van der Waals surface area contributed by atoms with Gasteiger partial charge in [0.1, 0.15) is 10.9 Å². The van der Waals surface area contributed by atoms with Gasteiger partial charge < -0.3 is 15.4 Å². The van der Waals surface area contributed by atoms with E-state index in [1.54, 1.807) is 42.6 Å². The van der Waals surface area contributed by atoms with Crippen molar-refractivity contribution >= 4 is 52.9 Å². The zero-order chi connectivity index (χ0) is 27.8. The molecule has 0 amide bonds. The Morgan fingerprint density at radius 2 is 1.59 bits per heavy atom. The van der Waals surface area contributed by atoms with E-state index in [4.69, 9.17) is 23.2 Å². The number of alkyl halides is 4. The van der Waals surface area contributed by atoms with Gasteiger partial charge in [0.25, 0.3) is 0 Å². The van der Waals surface area contributed by atoms with E-state index in [9.17, 15) is 17.6 Å². The third kappa shape index (κ3) is 8.38. The molecule has 4 rings (SSSR count). The maximum absolute atomic E-state index is 13.2. The van der Waals surface area contributed by atoms with Crippen LogP contribution >= 0.6 is 23.2 Å². The predicted molar refractivity (Wildman–Crippen MR) is 140 cm³/mol. The number of anilines is 4. The van der Waals surface area contributed by atoms with Crippen LogP contribution in [0.4, 0.5) is 41.1 Å². The van der Waals surface area contributed by atoms with Crippen LogP contribution in [0.1, 0.15) is 11.1 Å². The lowest BCUT2D eigenvalue weighted by Crippen LogP contribution is -2.33. The molecule has 0 aliphatic rings. The Kier molecular flexibility index (Phi) is 8.94. The Balaban J connectivity index is 1.50. The molecule has 0 unspecified atom stereocenters. The highest BCUT2D eigenvalue weighted by Gasteiger charge is 2.43. The minimum absolute atomic E-state index is 0.0671. The highest BCUT2D eigenvalue weighted by atomic mass is 35.5. The lowest BCUT2D eigenvalue weighted by molar-refractivity contribution is -0.253. The molecule has 0 aliphatic carbocycles. The Morgan fingerprint density at radius 3 is 2.26 bits per heavy atom. The van der Waals surface area contributed by atoms with Crippen molar-refractivity contribution in [2.24, 2.45) is 5.10 Å². The molecule has 39 heavy (non-hydrogen) atoms. The maximum atomic E-state index is 13.2. The molecule has 0 fully saturated rings. The molecule has 3 N–H and O–H groups in total. The minimum Gasteiger partial charge on any atom is -0.428 e. The van der Waals surface area contributed by atoms with Crippen molar-refractivity contribution in [3.8, 4) is 5.75 Å². The number of pyridine rings is 1. The summed E-state index contributed by atoms with van der Waals surface area (Å²) < 4.78 is 55.1. The molecule has 202 valence electrons. The van der Waals surface area contributed by atoms with Crippen molar-refractivity contribution in [2.45, 2.75) is 19.1 Å². The van der Waals surface area contributed by atoms with Crippen molar-refractivity contribution in [3.63, 3.8) is 0 Å². The largest absolute Gasteiger partial charge is 0.461 e. The van der Waals surface area contributed by atoms with Crippen LogP contribution in [-0.2, 0) is 6.54 Å². The molecule has 0 aliphatic heterocycles. The second kappa shape index (κ2) is 12.5. The lowest BCUT2D eigenvalue weighted by atomic mass is 10.2. The SMILES string of the molecule is FC(F)C(F)(F)Oc1ccc(Nc2nc(NCc3ccc(Cl)nc3)nc(N/N=C/c3ccc(Cl)cc3)n2)cc1. The fourth-order valence-corrected chi connectivity index (χ4v) is 3.14. The molecule has 0 radical (unpaired) electrons. The number of rotatable bonds is 11. The highest BCUT2D eigenvalue weighted by molar-refractivity contribution is 6.30. The molecule has 0 spiro atoms. The third-order valence-corrected chi connectivity index (χ3v) is 5.22. The first kappa shape index (κ1) is 27.8. The van der Waals surface area contributed by atoms with Crippen LogP contribution in [0.2, 0.25) is 10.2 Å². The van der Waals surface area contributed by atoms with Crippen LogP contribution in [0.15, 0.2) is 72.0 Å². The van der Waals surface area contributed by atoms with Gasteiger partial charge in [-0.15, -0.1) is 0 Å². The van der Waals surface area contributed by atoms with Crippen LogP contribution in [0.25, 0.3) is 0 Å². The van der Waals surface area contributed by atoms with Crippen LogP contribution in [0, 0.1) is 0 Å². The fraction of sp³-hybridized carbons (Fsp3) is 0.125. The van der Waals surface area contributed by atoms with E-state index < -0.39 is 18.3 Å².